The highest BCUT2D eigenvalue weighted by atomic mass is 19.4. The van der Waals surface area contributed by atoms with Gasteiger partial charge in [0.1, 0.15) is 17.7 Å². The third-order valence-corrected chi connectivity index (χ3v) is 7.56. The largest absolute Gasteiger partial charge is 0.471 e. The summed E-state index contributed by atoms with van der Waals surface area (Å²) in [6.45, 7) is 8.71. The Hall–Kier alpha value is -3.62. The normalized spacial score (nSPS) is 24.1. The van der Waals surface area contributed by atoms with Gasteiger partial charge in [0, 0.05) is 12.7 Å². The van der Waals surface area contributed by atoms with E-state index >= 15 is 0 Å². The lowest BCUT2D eigenvalue weighted by Gasteiger charge is -2.37. The number of rotatable bonds is 5. The zero-order valence-electron chi connectivity index (χ0n) is 21.1. The fraction of sp³-hybridized carbons (Fsp3) is 0.560. The molecule has 3 amide bonds. The predicted octanol–water partition coefficient (Wildman–Crippen LogP) is 2.59. The maximum Gasteiger partial charge on any atom is 0.471 e. The van der Waals surface area contributed by atoms with E-state index in [4.69, 9.17) is 0 Å². The molecule has 9 nitrogen and oxygen atoms in total. The van der Waals surface area contributed by atoms with Crippen molar-refractivity contribution in [1.29, 1.82) is 5.26 Å². The molecule has 3 heterocycles. The molecule has 5 atom stereocenters. The number of fused-ring (bicyclic) bond motifs is 2. The Labute approximate surface area is 212 Å². The van der Waals surface area contributed by atoms with Crippen LogP contribution in [0.3, 0.4) is 0 Å². The molecule has 37 heavy (non-hydrogen) atoms. The van der Waals surface area contributed by atoms with Crippen molar-refractivity contribution >= 4 is 23.4 Å². The molecule has 1 saturated heterocycles. The van der Waals surface area contributed by atoms with Crippen molar-refractivity contribution in [3.05, 3.63) is 36.3 Å². The van der Waals surface area contributed by atoms with Gasteiger partial charge in [-0.3, -0.25) is 14.4 Å². The number of aromatic nitrogens is 2. The molecule has 2 unspecified atom stereocenters. The Morgan fingerprint density at radius 1 is 1.19 bits per heavy atom. The molecule has 2 aromatic rings. The fourth-order valence-corrected chi connectivity index (χ4v) is 5.41. The first-order valence-electron chi connectivity index (χ1n) is 11.9. The van der Waals surface area contributed by atoms with Gasteiger partial charge in [-0.2, -0.15) is 18.4 Å². The van der Waals surface area contributed by atoms with Crippen LogP contribution in [0.25, 0.3) is 5.65 Å². The van der Waals surface area contributed by atoms with E-state index in [1.807, 2.05) is 19.2 Å². The summed E-state index contributed by atoms with van der Waals surface area (Å²) < 4.78 is 40.7. The number of hydrogen-bond acceptors (Lipinski definition) is 5. The number of nitriles is 1. The first kappa shape index (κ1) is 26.4. The van der Waals surface area contributed by atoms with E-state index in [1.54, 1.807) is 49.6 Å². The quantitative estimate of drug-likeness (QED) is 0.631. The van der Waals surface area contributed by atoms with Crippen LogP contribution < -0.4 is 10.6 Å². The maximum atomic E-state index is 13.6. The molecule has 2 fully saturated rings. The highest BCUT2D eigenvalue weighted by Crippen LogP contribution is 2.65. The van der Waals surface area contributed by atoms with Crippen LogP contribution in [-0.2, 0) is 14.4 Å². The molecule has 1 saturated carbocycles. The molecular formula is C25H29F3N6O3. The van der Waals surface area contributed by atoms with Gasteiger partial charge in [0.25, 0.3) is 0 Å². The molecule has 2 aromatic heterocycles. The van der Waals surface area contributed by atoms with Crippen LogP contribution in [-0.4, -0.2) is 56.8 Å². The zero-order chi connectivity index (χ0) is 27.5. The minimum absolute atomic E-state index is 0.0394. The third-order valence-electron chi connectivity index (χ3n) is 7.56. The van der Waals surface area contributed by atoms with Gasteiger partial charge in [-0.1, -0.05) is 40.7 Å². The van der Waals surface area contributed by atoms with Crippen LogP contribution in [0.1, 0.15) is 46.4 Å². The molecule has 1 aliphatic carbocycles. The number of halogens is 3. The van der Waals surface area contributed by atoms with Gasteiger partial charge in [-0.05, 0) is 34.8 Å². The minimum Gasteiger partial charge on any atom is -0.336 e. The van der Waals surface area contributed by atoms with Crippen LogP contribution in [0.5, 0.6) is 0 Å². The smallest absolute Gasteiger partial charge is 0.336 e. The molecule has 1 aliphatic heterocycles. The van der Waals surface area contributed by atoms with E-state index in [2.05, 4.69) is 16.4 Å². The number of pyridine rings is 1. The number of carbonyl (C=O) groups excluding carboxylic acids is 3. The molecule has 4 rings (SSSR count). The van der Waals surface area contributed by atoms with Gasteiger partial charge in [0.2, 0.25) is 11.8 Å². The van der Waals surface area contributed by atoms with E-state index in [-0.39, 0.29) is 23.8 Å². The lowest BCUT2D eigenvalue weighted by atomic mass is 9.85. The summed E-state index contributed by atoms with van der Waals surface area (Å²) in [5.74, 6) is -3.85. The second-order valence-corrected chi connectivity index (χ2v) is 11.3. The number of nitrogens with zero attached hydrogens (tertiary/aromatic N) is 4. The summed E-state index contributed by atoms with van der Waals surface area (Å²) in [4.78, 5) is 44.4. The lowest BCUT2D eigenvalue weighted by molar-refractivity contribution is -0.176. The Balaban J connectivity index is 1.61. The highest BCUT2D eigenvalue weighted by Gasteiger charge is 2.70. The van der Waals surface area contributed by atoms with Crippen LogP contribution in [0.4, 0.5) is 13.2 Å². The fourth-order valence-electron chi connectivity index (χ4n) is 5.41. The molecule has 198 valence electrons. The van der Waals surface area contributed by atoms with Crippen molar-refractivity contribution in [1.82, 2.24) is 24.9 Å². The highest BCUT2D eigenvalue weighted by molar-refractivity contribution is 5.95. The number of nitrogens with one attached hydrogen (secondary N) is 2. The summed E-state index contributed by atoms with van der Waals surface area (Å²) in [7, 11) is 0. The van der Waals surface area contributed by atoms with Crippen LogP contribution >= 0.6 is 0 Å². The van der Waals surface area contributed by atoms with Crippen molar-refractivity contribution in [2.75, 3.05) is 6.54 Å². The summed E-state index contributed by atoms with van der Waals surface area (Å²) in [6.07, 6.45) is -1.98. The molecule has 2 aliphatic rings. The Morgan fingerprint density at radius 3 is 2.46 bits per heavy atom. The maximum absolute atomic E-state index is 13.6. The van der Waals surface area contributed by atoms with E-state index < -0.39 is 47.4 Å². The summed E-state index contributed by atoms with van der Waals surface area (Å²) in [5.41, 5.74) is -0.315. The summed E-state index contributed by atoms with van der Waals surface area (Å²) in [6, 6.07) is 3.75. The molecule has 0 aromatic carbocycles. The average Bonchev–Trinajstić information content (AvgIpc) is 3.19. The van der Waals surface area contributed by atoms with Crippen molar-refractivity contribution in [2.24, 2.45) is 22.7 Å². The number of imidazole rings is 1. The molecule has 0 spiro atoms. The van der Waals surface area contributed by atoms with E-state index in [0.717, 1.165) is 0 Å². The summed E-state index contributed by atoms with van der Waals surface area (Å²) in [5, 5.41) is 14.4. The summed E-state index contributed by atoms with van der Waals surface area (Å²) >= 11 is 0. The van der Waals surface area contributed by atoms with Gasteiger partial charge in [-0.15, -0.1) is 0 Å². The van der Waals surface area contributed by atoms with Gasteiger partial charge in [0.15, 0.2) is 6.04 Å². The van der Waals surface area contributed by atoms with E-state index in [9.17, 15) is 32.8 Å². The molecule has 12 heteroatoms. The number of alkyl halides is 3. The Morgan fingerprint density at radius 2 is 1.86 bits per heavy atom. The molecule has 2 N–H and O–H groups in total. The number of carbonyl (C=O) groups is 3. The van der Waals surface area contributed by atoms with Crippen LogP contribution in [0.15, 0.2) is 30.6 Å². The standard InChI is InChI=1S/C25H29F3N6O3/c1-23(2,3)19(32-22(37)25(26,27)28)21(36)34-12-13-17(24(13,4)5)18(34)20(35)31-14(10-29)15-11-30-16-8-6-7-9-33(15)16/h6-9,11,13-14,17-19H,12H2,1-5H3,(H,31,35)(H,32,37)/t13-,14?,17-,18-,19?/m0/s1. The Kier molecular flexibility index (Phi) is 6.25. The van der Waals surface area contributed by atoms with Gasteiger partial charge in [-0.25, -0.2) is 4.98 Å². The third kappa shape index (κ3) is 4.63. The monoisotopic (exact) mass is 518 g/mol. The predicted molar refractivity (Wildman–Crippen MR) is 125 cm³/mol. The Bertz CT molecular complexity index is 1290. The zero-order valence-corrected chi connectivity index (χ0v) is 21.1. The van der Waals surface area contributed by atoms with Gasteiger partial charge < -0.3 is 19.9 Å². The number of amides is 3. The average molecular weight is 519 g/mol. The first-order valence-corrected chi connectivity index (χ1v) is 11.9. The van der Waals surface area contributed by atoms with Gasteiger partial charge >= 0.3 is 12.1 Å². The van der Waals surface area contributed by atoms with E-state index in [0.29, 0.717) is 11.3 Å². The van der Waals surface area contributed by atoms with Crippen LogP contribution in [0, 0.1) is 34.0 Å². The minimum atomic E-state index is -5.16. The van der Waals surface area contributed by atoms with Crippen LogP contribution in [0.2, 0.25) is 0 Å². The van der Waals surface area contributed by atoms with Gasteiger partial charge in [0.05, 0.1) is 18.0 Å². The number of piperidine rings is 1. The van der Waals surface area contributed by atoms with E-state index in [1.165, 1.54) is 11.1 Å². The van der Waals surface area contributed by atoms with Crippen molar-refractivity contribution in [3.8, 4) is 6.07 Å². The lowest BCUT2D eigenvalue weighted by Crippen LogP contribution is -2.60. The van der Waals surface area contributed by atoms with Crippen molar-refractivity contribution < 1.29 is 27.6 Å². The van der Waals surface area contributed by atoms with Crippen molar-refractivity contribution in [2.45, 2.75) is 58.9 Å². The molecule has 0 radical (unpaired) electrons. The van der Waals surface area contributed by atoms with Crippen molar-refractivity contribution in [3.63, 3.8) is 0 Å². The first-order chi connectivity index (χ1) is 17.1. The SMILES string of the molecule is CC(C)(C)C(NC(=O)C(F)(F)F)C(=O)N1C[C@H]2[C@@H]([C@H]1C(=O)NC(C#N)c1cnc3ccccn13)C2(C)C. The number of hydrogen-bond donors (Lipinski definition) is 2. The topological polar surface area (TPSA) is 120 Å². The second-order valence-electron chi connectivity index (χ2n) is 11.3. The molecular weight excluding hydrogens is 489 g/mol. The second kappa shape index (κ2) is 8.75. The molecule has 0 bridgehead atoms. The number of likely N-dealkylation sites (tertiary alicyclic amines) is 1.